The fraction of sp³-hybridized carbons (Fsp3) is 0.333. The highest BCUT2D eigenvalue weighted by Crippen LogP contribution is 2.16. The van der Waals surface area contributed by atoms with Crippen LogP contribution in [-0.2, 0) is 13.1 Å². The second-order valence-electron chi connectivity index (χ2n) is 5.34. The zero-order valence-electron chi connectivity index (χ0n) is 12.8. The van der Waals surface area contributed by atoms with Gasteiger partial charge in [0.2, 0.25) is 0 Å². The molecule has 3 rings (SSSR count). The summed E-state index contributed by atoms with van der Waals surface area (Å²) >= 11 is 5.98. The smallest absolute Gasteiger partial charge is 0.147 e. The van der Waals surface area contributed by atoms with Gasteiger partial charge >= 0.3 is 0 Å². The molecule has 0 radical (unpaired) electrons. The quantitative estimate of drug-likeness (QED) is 0.742. The maximum atomic E-state index is 5.98. The molecule has 0 aliphatic heterocycles. The number of benzene rings is 1. The van der Waals surface area contributed by atoms with Crippen LogP contribution in [0.2, 0.25) is 5.02 Å². The van der Waals surface area contributed by atoms with E-state index < -0.39 is 0 Å². The van der Waals surface area contributed by atoms with Gasteiger partial charge in [-0.1, -0.05) is 22.9 Å². The van der Waals surface area contributed by atoms with Crippen LogP contribution >= 0.6 is 11.6 Å². The molecule has 22 heavy (non-hydrogen) atoms. The minimum absolute atomic E-state index is 0.576. The lowest BCUT2D eigenvalue weighted by atomic mass is 10.1. The molecule has 114 valence electrons. The van der Waals surface area contributed by atoms with E-state index in [1.165, 1.54) is 5.56 Å². The number of halogens is 1. The van der Waals surface area contributed by atoms with E-state index in [9.17, 15) is 0 Å². The summed E-state index contributed by atoms with van der Waals surface area (Å²) in [4.78, 5) is 4.29. The number of aromatic nitrogens is 6. The first kappa shape index (κ1) is 14.7. The molecule has 0 aliphatic carbocycles. The zero-order chi connectivity index (χ0) is 15.7. The van der Waals surface area contributed by atoms with E-state index in [0.29, 0.717) is 13.1 Å². The Bertz CT molecular complexity index is 804. The van der Waals surface area contributed by atoms with Crippen molar-refractivity contribution in [1.82, 2.24) is 29.8 Å². The van der Waals surface area contributed by atoms with Gasteiger partial charge in [-0.15, -0.1) is 5.10 Å². The van der Waals surface area contributed by atoms with E-state index in [2.05, 4.69) is 20.4 Å². The standard InChI is InChI=1S/C15H17ClN6/c1-10-6-14(16)5-4-13(10)7-21-8-15(18-20-21)9-22-12(3)17-11(2)19-22/h4-6,8H,7,9H2,1-3H3. The monoisotopic (exact) mass is 316 g/mol. The minimum Gasteiger partial charge on any atom is -0.248 e. The predicted molar refractivity (Wildman–Crippen MR) is 83.9 cm³/mol. The Kier molecular flexibility index (Phi) is 3.94. The summed E-state index contributed by atoms with van der Waals surface area (Å²) in [5.41, 5.74) is 3.18. The SMILES string of the molecule is Cc1nc(C)n(Cc2cn(Cc3ccc(Cl)cc3C)nn2)n1. The van der Waals surface area contributed by atoms with Gasteiger partial charge in [-0.3, -0.25) is 0 Å². The molecular formula is C15H17ClN6. The number of nitrogens with zero attached hydrogens (tertiary/aromatic N) is 6. The second-order valence-corrected chi connectivity index (χ2v) is 5.78. The lowest BCUT2D eigenvalue weighted by Crippen LogP contribution is -2.04. The molecule has 0 fully saturated rings. The van der Waals surface area contributed by atoms with Crippen LogP contribution in [-0.4, -0.2) is 29.8 Å². The summed E-state index contributed by atoms with van der Waals surface area (Å²) in [5, 5.41) is 13.5. The lowest BCUT2D eigenvalue weighted by Gasteiger charge is -2.05. The van der Waals surface area contributed by atoms with Crippen molar-refractivity contribution in [2.24, 2.45) is 0 Å². The molecule has 2 heterocycles. The van der Waals surface area contributed by atoms with Gasteiger partial charge < -0.3 is 0 Å². The highest BCUT2D eigenvalue weighted by molar-refractivity contribution is 6.30. The molecule has 0 amide bonds. The van der Waals surface area contributed by atoms with Gasteiger partial charge in [-0.2, -0.15) is 5.10 Å². The summed E-state index contributed by atoms with van der Waals surface area (Å²) in [6.45, 7) is 7.10. The second kappa shape index (κ2) is 5.88. The van der Waals surface area contributed by atoms with Gasteiger partial charge in [-0.25, -0.2) is 14.3 Å². The predicted octanol–water partition coefficient (Wildman–Crippen LogP) is 2.54. The Morgan fingerprint density at radius 1 is 1.14 bits per heavy atom. The summed E-state index contributed by atoms with van der Waals surface area (Å²) in [6, 6.07) is 5.86. The molecule has 0 atom stereocenters. The largest absolute Gasteiger partial charge is 0.248 e. The maximum absolute atomic E-state index is 5.98. The molecular weight excluding hydrogens is 300 g/mol. The first-order valence-corrected chi connectivity index (χ1v) is 7.41. The van der Waals surface area contributed by atoms with Crippen molar-refractivity contribution in [3.63, 3.8) is 0 Å². The first-order valence-electron chi connectivity index (χ1n) is 7.03. The number of hydrogen-bond donors (Lipinski definition) is 0. The number of rotatable bonds is 4. The Morgan fingerprint density at radius 2 is 1.95 bits per heavy atom. The van der Waals surface area contributed by atoms with Crippen molar-refractivity contribution in [2.75, 3.05) is 0 Å². The van der Waals surface area contributed by atoms with Crippen LogP contribution < -0.4 is 0 Å². The Hall–Kier alpha value is -2.21. The van der Waals surface area contributed by atoms with Crippen LogP contribution in [0.5, 0.6) is 0 Å². The highest BCUT2D eigenvalue weighted by Gasteiger charge is 2.08. The molecule has 0 saturated carbocycles. The van der Waals surface area contributed by atoms with E-state index in [4.69, 9.17) is 11.6 Å². The van der Waals surface area contributed by atoms with Crippen LogP contribution in [0.4, 0.5) is 0 Å². The van der Waals surface area contributed by atoms with Crippen LogP contribution in [0.3, 0.4) is 0 Å². The van der Waals surface area contributed by atoms with Crippen LogP contribution in [0, 0.1) is 20.8 Å². The van der Waals surface area contributed by atoms with Crippen molar-refractivity contribution < 1.29 is 0 Å². The van der Waals surface area contributed by atoms with Gasteiger partial charge in [0.25, 0.3) is 0 Å². The summed E-state index contributed by atoms with van der Waals surface area (Å²) in [6.07, 6.45) is 1.94. The summed E-state index contributed by atoms with van der Waals surface area (Å²) < 4.78 is 3.65. The van der Waals surface area contributed by atoms with Crippen LogP contribution in [0.15, 0.2) is 24.4 Å². The van der Waals surface area contributed by atoms with Crippen molar-refractivity contribution in [3.8, 4) is 0 Å². The molecule has 0 aliphatic rings. The molecule has 6 nitrogen and oxygen atoms in total. The van der Waals surface area contributed by atoms with E-state index >= 15 is 0 Å². The molecule has 3 aromatic rings. The van der Waals surface area contributed by atoms with Gasteiger partial charge in [-0.05, 0) is 44.0 Å². The number of aryl methyl sites for hydroxylation is 3. The lowest BCUT2D eigenvalue weighted by molar-refractivity contribution is 0.636. The average Bonchev–Trinajstić information content (AvgIpc) is 3.00. The third-order valence-corrected chi connectivity index (χ3v) is 3.73. The fourth-order valence-electron chi connectivity index (χ4n) is 2.36. The topological polar surface area (TPSA) is 61.4 Å². The van der Waals surface area contributed by atoms with Crippen molar-refractivity contribution >= 4 is 11.6 Å². The Morgan fingerprint density at radius 3 is 2.64 bits per heavy atom. The molecule has 0 saturated heterocycles. The van der Waals surface area contributed by atoms with Crippen molar-refractivity contribution in [1.29, 1.82) is 0 Å². The molecule has 7 heteroatoms. The fourth-order valence-corrected chi connectivity index (χ4v) is 2.59. The Labute approximate surface area is 133 Å². The van der Waals surface area contributed by atoms with Crippen LogP contribution in [0.25, 0.3) is 0 Å². The summed E-state index contributed by atoms with van der Waals surface area (Å²) in [5.74, 6) is 1.64. The minimum atomic E-state index is 0.576. The highest BCUT2D eigenvalue weighted by atomic mass is 35.5. The average molecular weight is 317 g/mol. The molecule has 2 aromatic heterocycles. The van der Waals surface area contributed by atoms with Crippen LogP contribution in [0.1, 0.15) is 28.5 Å². The Balaban J connectivity index is 1.75. The molecule has 0 unspecified atom stereocenters. The third-order valence-electron chi connectivity index (χ3n) is 3.50. The zero-order valence-corrected chi connectivity index (χ0v) is 13.5. The van der Waals surface area contributed by atoms with Gasteiger partial charge in [0.05, 0.1) is 19.3 Å². The van der Waals surface area contributed by atoms with E-state index in [-0.39, 0.29) is 0 Å². The van der Waals surface area contributed by atoms with Gasteiger partial charge in [0.1, 0.15) is 17.3 Å². The normalized spacial score (nSPS) is 11.1. The third kappa shape index (κ3) is 3.17. The molecule has 1 aromatic carbocycles. The molecule has 0 spiro atoms. The molecule has 0 N–H and O–H groups in total. The molecule has 0 bridgehead atoms. The van der Waals surface area contributed by atoms with Gasteiger partial charge in [0.15, 0.2) is 0 Å². The van der Waals surface area contributed by atoms with Crippen molar-refractivity contribution in [2.45, 2.75) is 33.9 Å². The first-order chi connectivity index (χ1) is 10.5. The summed E-state index contributed by atoms with van der Waals surface area (Å²) in [7, 11) is 0. The van der Waals surface area contributed by atoms with Gasteiger partial charge in [0, 0.05) is 5.02 Å². The van der Waals surface area contributed by atoms with Crippen molar-refractivity contribution in [3.05, 3.63) is 57.9 Å². The van der Waals surface area contributed by atoms with E-state index in [0.717, 1.165) is 27.9 Å². The maximum Gasteiger partial charge on any atom is 0.147 e. The van der Waals surface area contributed by atoms with E-state index in [1.54, 1.807) is 0 Å². The van der Waals surface area contributed by atoms with E-state index in [1.807, 2.05) is 54.5 Å². The number of hydrogen-bond acceptors (Lipinski definition) is 4.